The third-order valence-electron chi connectivity index (χ3n) is 6.80. The summed E-state index contributed by atoms with van der Waals surface area (Å²) in [5, 5.41) is 29.6. The molecular formula is C23H35FO5. The molecule has 0 radical (unpaired) electrons. The smallest absolute Gasteiger partial charge is 0.306 e. The molecule has 3 unspecified atom stereocenters. The van der Waals surface area contributed by atoms with Crippen molar-refractivity contribution in [1.29, 1.82) is 0 Å². The minimum absolute atomic E-state index is 0.0716. The van der Waals surface area contributed by atoms with E-state index in [9.17, 15) is 15.0 Å². The van der Waals surface area contributed by atoms with Gasteiger partial charge in [-0.2, -0.15) is 0 Å². The van der Waals surface area contributed by atoms with Crippen LogP contribution < -0.4 is 0 Å². The molecule has 9 atom stereocenters. The highest BCUT2D eigenvalue weighted by Crippen LogP contribution is 2.48. The summed E-state index contributed by atoms with van der Waals surface area (Å²) >= 11 is 0. The Labute approximate surface area is 172 Å². The lowest BCUT2D eigenvalue weighted by Crippen LogP contribution is -2.25. The number of carbonyl (C=O) groups is 1. The number of halogens is 1. The van der Waals surface area contributed by atoms with Crippen LogP contribution in [0, 0.1) is 29.6 Å². The van der Waals surface area contributed by atoms with Crippen LogP contribution in [0.15, 0.2) is 24.0 Å². The zero-order chi connectivity index (χ0) is 21.1. The highest BCUT2D eigenvalue weighted by molar-refractivity contribution is 5.73. The van der Waals surface area contributed by atoms with Crippen molar-refractivity contribution >= 4 is 5.97 Å². The zero-order valence-electron chi connectivity index (χ0n) is 17.4. The molecule has 2 saturated carbocycles. The van der Waals surface area contributed by atoms with E-state index < -0.39 is 30.3 Å². The molecule has 0 amide bonds. The van der Waals surface area contributed by atoms with Gasteiger partial charge in [0.2, 0.25) is 0 Å². The van der Waals surface area contributed by atoms with Crippen LogP contribution >= 0.6 is 0 Å². The van der Waals surface area contributed by atoms with Gasteiger partial charge in [0.05, 0.1) is 18.1 Å². The van der Waals surface area contributed by atoms with E-state index in [1.165, 1.54) is 0 Å². The summed E-state index contributed by atoms with van der Waals surface area (Å²) in [6.45, 7) is 4.28. The summed E-state index contributed by atoms with van der Waals surface area (Å²) in [6, 6.07) is 0. The summed E-state index contributed by atoms with van der Waals surface area (Å²) < 4.78 is 20.8. The monoisotopic (exact) mass is 410 g/mol. The van der Waals surface area contributed by atoms with E-state index in [-0.39, 0.29) is 29.6 Å². The predicted molar refractivity (Wildman–Crippen MR) is 108 cm³/mol. The van der Waals surface area contributed by atoms with E-state index in [0.717, 1.165) is 19.3 Å². The molecule has 1 aliphatic heterocycles. The topological polar surface area (TPSA) is 87.0 Å². The highest BCUT2D eigenvalue weighted by Gasteiger charge is 2.53. The SMILES string of the molecule is CCCCC(C)C[C@H](O)/C=C/[C@@H]1[C@@H]2[C@H](C[C@H]1O)O/C(=C/CC1CC1C(=O)O)[C@@H]2F. The Kier molecular flexibility index (Phi) is 7.38. The summed E-state index contributed by atoms with van der Waals surface area (Å²) in [4.78, 5) is 10.9. The van der Waals surface area contributed by atoms with Crippen molar-refractivity contribution in [3.63, 3.8) is 0 Å². The number of rotatable bonds is 10. The van der Waals surface area contributed by atoms with Gasteiger partial charge in [0.25, 0.3) is 0 Å². The fourth-order valence-corrected chi connectivity index (χ4v) is 4.91. The molecule has 3 N–H and O–H groups in total. The van der Waals surface area contributed by atoms with Crippen LogP contribution in [0.25, 0.3) is 0 Å². The second-order valence-electron chi connectivity index (χ2n) is 9.23. The maximum Gasteiger partial charge on any atom is 0.306 e. The minimum atomic E-state index is -1.30. The Hall–Kier alpha value is -1.40. The van der Waals surface area contributed by atoms with Crippen LogP contribution in [-0.2, 0) is 9.53 Å². The molecule has 1 saturated heterocycles. The summed E-state index contributed by atoms with van der Waals surface area (Å²) in [6.07, 6.45) is 7.81. The number of carboxylic acids is 1. The Morgan fingerprint density at radius 3 is 2.79 bits per heavy atom. The van der Waals surface area contributed by atoms with Gasteiger partial charge >= 0.3 is 5.97 Å². The first-order valence-electron chi connectivity index (χ1n) is 11.1. The number of unbranched alkanes of at least 4 members (excludes halogenated alkanes) is 1. The molecule has 0 aromatic heterocycles. The standard InChI is InChI=1S/C23H35FO5/c1-3-4-5-13(2)10-15(25)7-8-16-18(26)12-20-21(16)22(24)19(29-20)9-6-14-11-17(14)23(27)28/h7-9,13-18,20-22,25-26H,3-6,10-12H2,1-2H3,(H,27,28)/b8-7+,19-9+/t13?,14?,15-,16+,17?,18-,20+,21-,22+/m1/s1. The second kappa shape index (κ2) is 9.61. The van der Waals surface area contributed by atoms with Gasteiger partial charge in [-0.15, -0.1) is 0 Å². The van der Waals surface area contributed by atoms with Crippen molar-refractivity contribution in [2.75, 3.05) is 0 Å². The Morgan fingerprint density at radius 1 is 1.38 bits per heavy atom. The van der Waals surface area contributed by atoms with E-state index in [1.54, 1.807) is 18.2 Å². The molecule has 3 rings (SSSR count). The fourth-order valence-electron chi connectivity index (χ4n) is 4.91. The maximum absolute atomic E-state index is 15.1. The summed E-state index contributed by atoms with van der Waals surface area (Å²) in [5.41, 5.74) is 0. The summed E-state index contributed by atoms with van der Waals surface area (Å²) in [7, 11) is 0. The van der Waals surface area contributed by atoms with Gasteiger partial charge in [-0.05, 0) is 37.2 Å². The first-order chi connectivity index (χ1) is 13.8. The average molecular weight is 411 g/mol. The number of alkyl halides is 1. The van der Waals surface area contributed by atoms with Crippen LogP contribution in [0.5, 0.6) is 0 Å². The van der Waals surface area contributed by atoms with Crippen LogP contribution in [0.3, 0.4) is 0 Å². The Balaban J connectivity index is 1.55. The van der Waals surface area contributed by atoms with Crippen molar-refractivity contribution in [1.82, 2.24) is 0 Å². The lowest BCUT2D eigenvalue weighted by molar-refractivity contribution is -0.138. The number of aliphatic carboxylic acids is 1. The van der Waals surface area contributed by atoms with Crippen LogP contribution in [0.2, 0.25) is 0 Å². The van der Waals surface area contributed by atoms with Gasteiger partial charge in [-0.3, -0.25) is 4.79 Å². The van der Waals surface area contributed by atoms with Crippen LogP contribution in [0.1, 0.15) is 58.8 Å². The number of aliphatic hydroxyl groups is 2. The first kappa shape index (κ1) is 22.3. The normalized spacial score (nSPS) is 39.5. The third kappa shape index (κ3) is 5.40. The predicted octanol–water partition coefficient (Wildman–Crippen LogP) is 3.85. The zero-order valence-corrected chi connectivity index (χ0v) is 17.4. The van der Waals surface area contributed by atoms with Crippen LogP contribution in [-0.4, -0.2) is 45.8 Å². The quantitative estimate of drug-likeness (QED) is 0.476. The molecule has 3 aliphatic rings. The molecule has 0 bridgehead atoms. The van der Waals surface area contributed by atoms with E-state index in [2.05, 4.69) is 13.8 Å². The van der Waals surface area contributed by atoms with Gasteiger partial charge in [-0.1, -0.05) is 45.3 Å². The largest absolute Gasteiger partial charge is 0.491 e. The lowest BCUT2D eigenvalue weighted by Gasteiger charge is -2.19. The number of carboxylic acid groups (broad SMARTS) is 1. The number of hydrogen-bond acceptors (Lipinski definition) is 4. The molecule has 2 aliphatic carbocycles. The average Bonchev–Trinajstić information content (AvgIpc) is 3.30. The third-order valence-corrected chi connectivity index (χ3v) is 6.80. The number of aliphatic hydroxyl groups excluding tert-OH is 2. The molecule has 1 heterocycles. The van der Waals surface area contributed by atoms with Crippen molar-refractivity contribution in [2.24, 2.45) is 29.6 Å². The second-order valence-corrected chi connectivity index (χ2v) is 9.23. The number of allylic oxidation sites excluding steroid dienone is 2. The maximum atomic E-state index is 15.1. The van der Waals surface area contributed by atoms with E-state index in [0.29, 0.717) is 31.6 Å². The van der Waals surface area contributed by atoms with Gasteiger partial charge in [-0.25, -0.2) is 4.39 Å². The minimum Gasteiger partial charge on any atom is -0.491 e. The first-order valence-corrected chi connectivity index (χ1v) is 11.1. The van der Waals surface area contributed by atoms with E-state index in [1.807, 2.05) is 0 Å². The van der Waals surface area contributed by atoms with Gasteiger partial charge in [0, 0.05) is 18.3 Å². The molecular weight excluding hydrogens is 375 g/mol. The molecule has 29 heavy (non-hydrogen) atoms. The van der Waals surface area contributed by atoms with Crippen molar-refractivity contribution in [3.05, 3.63) is 24.0 Å². The fraction of sp³-hybridized carbons (Fsp3) is 0.783. The number of hydrogen-bond donors (Lipinski definition) is 3. The highest BCUT2D eigenvalue weighted by atomic mass is 19.1. The number of ether oxygens (including phenoxy) is 1. The molecule has 164 valence electrons. The van der Waals surface area contributed by atoms with Crippen molar-refractivity contribution in [3.8, 4) is 0 Å². The van der Waals surface area contributed by atoms with Crippen molar-refractivity contribution < 1.29 is 29.2 Å². The van der Waals surface area contributed by atoms with Crippen molar-refractivity contribution in [2.45, 2.75) is 83.3 Å². The number of fused-ring (bicyclic) bond motifs is 1. The van der Waals surface area contributed by atoms with E-state index in [4.69, 9.17) is 9.84 Å². The van der Waals surface area contributed by atoms with Gasteiger partial charge in [0.1, 0.15) is 11.9 Å². The molecule has 5 nitrogen and oxygen atoms in total. The molecule has 0 spiro atoms. The molecule has 0 aromatic carbocycles. The Morgan fingerprint density at radius 2 is 2.14 bits per heavy atom. The molecule has 6 heteroatoms. The van der Waals surface area contributed by atoms with Crippen LogP contribution in [0.4, 0.5) is 4.39 Å². The summed E-state index contributed by atoms with van der Waals surface area (Å²) in [5.74, 6) is -1.15. The van der Waals surface area contributed by atoms with Gasteiger partial charge < -0.3 is 20.1 Å². The Bertz CT molecular complexity index is 633. The molecule has 3 fully saturated rings. The lowest BCUT2D eigenvalue weighted by atomic mass is 9.88. The molecule has 0 aromatic rings. The van der Waals surface area contributed by atoms with Gasteiger partial charge in [0.15, 0.2) is 6.17 Å². The van der Waals surface area contributed by atoms with E-state index >= 15 is 4.39 Å².